The van der Waals surface area contributed by atoms with Crippen LogP contribution in [0.3, 0.4) is 0 Å². The van der Waals surface area contributed by atoms with Crippen LogP contribution < -0.4 is 0 Å². The normalized spacial score (nSPS) is 35.8. The number of hydrogen-bond donors (Lipinski definition) is 0. The minimum atomic E-state index is 0.659. The van der Waals surface area contributed by atoms with Crippen molar-refractivity contribution >= 4 is 0 Å². The van der Waals surface area contributed by atoms with Gasteiger partial charge in [0.15, 0.2) is 0 Å². The van der Waals surface area contributed by atoms with Gasteiger partial charge in [-0.25, -0.2) is 0 Å². The molecular formula is C8H12. The van der Waals surface area contributed by atoms with Crippen LogP contribution in [0, 0.1) is 23.7 Å². The maximum atomic E-state index is 3.18. The maximum absolute atomic E-state index is 3.18. The van der Waals surface area contributed by atoms with Crippen molar-refractivity contribution in [3.8, 4) is 11.8 Å². The van der Waals surface area contributed by atoms with Crippen LogP contribution in [0.4, 0.5) is 0 Å². The third-order valence-electron chi connectivity index (χ3n) is 1.61. The van der Waals surface area contributed by atoms with Crippen LogP contribution in [-0.4, -0.2) is 0 Å². The largest absolute Gasteiger partial charge is 0.0999 e. The number of hydrogen-bond acceptors (Lipinski definition) is 0. The van der Waals surface area contributed by atoms with Crippen molar-refractivity contribution in [2.75, 3.05) is 0 Å². The molecule has 0 heterocycles. The minimum Gasteiger partial charge on any atom is -0.0999 e. The lowest BCUT2D eigenvalue weighted by atomic mass is 9.94. The molecule has 0 fully saturated rings. The highest BCUT2D eigenvalue weighted by atomic mass is 14.1. The lowest BCUT2D eigenvalue weighted by Crippen LogP contribution is -2.02. The molecule has 0 aromatic carbocycles. The number of rotatable bonds is 0. The fourth-order valence-electron chi connectivity index (χ4n) is 0.929. The average molecular weight is 108 g/mol. The summed E-state index contributed by atoms with van der Waals surface area (Å²) in [7, 11) is 0. The summed E-state index contributed by atoms with van der Waals surface area (Å²) in [5.41, 5.74) is 0. The van der Waals surface area contributed by atoms with Crippen LogP contribution in [0.2, 0.25) is 0 Å². The van der Waals surface area contributed by atoms with Crippen molar-refractivity contribution < 1.29 is 0 Å². The summed E-state index contributed by atoms with van der Waals surface area (Å²) in [6, 6.07) is 0. The second-order valence-corrected chi connectivity index (χ2v) is 2.67. The van der Waals surface area contributed by atoms with Gasteiger partial charge in [-0.3, -0.25) is 0 Å². The van der Waals surface area contributed by atoms with E-state index in [0.717, 1.165) is 0 Å². The molecule has 0 bridgehead atoms. The Kier molecular flexibility index (Phi) is 1.58. The van der Waals surface area contributed by atoms with E-state index in [1.54, 1.807) is 0 Å². The molecule has 0 amide bonds. The summed E-state index contributed by atoms with van der Waals surface area (Å²) >= 11 is 0. The Labute approximate surface area is 51.3 Å². The van der Waals surface area contributed by atoms with Gasteiger partial charge in [0, 0.05) is 11.8 Å². The van der Waals surface area contributed by atoms with Crippen LogP contribution in [-0.2, 0) is 0 Å². The van der Waals surface area contributed by atoms with Crippen molar-refractivity contribution in [2.24, 2.45) is 11.8 Å². The summed E-state index contributed by atoms with van der Waals surface area (Å²) in [4.78, 5) is 0. The van der Waals surface area contributed by atoms with Crippen LogP contribution in [0.5, 0.6) is 0 Å². The smallest absolute Gasteiger partial charge is 0.0175 e. The molecule has 0 aromatic heterocycles. The van der Waals surface area contributed by atoms with E-state index in [1.807, 2.05) is 0 Å². The third-order valence-corrected chi connectivity index (χ3v) is 1.61. The van der Waals surface area contributed by atoms with Gasteiger partial charge in [-0.2, -0.15) is 0 Å². The summed E-state index contributed by atoms with van der Waals surface area (Å²) in [6.07, 6.45) is 2.60. The second kappa shape index (κ2) is 2.22. The van der Waals surface area contributed by atoms with E-state index in [1.165, 1.54) is 12.8 Å². The maximum Gasteiger partial charge on any atom is 0.0175 e. The van der Waals surface area contributed by atoms with Gasteiger partial charge in [0.1, 0.15) is 0 Å². The SMILES string of the molecule is CC1C#C[C@@H](C)CC1. The zero-order valence-corrected chi connectivity index (χ0v) is 5.57. The van der Waals surface area contributed by atoms with E-state index >= 15 is 0 Å². The lowest BCUT2D eigenvalue weighted by molar-refractivity contribution is 0.535. The zero-order valence-electron chi connectivity index (χ0n) is 5.57. The Bertz CT molecular complexity index is 111. The Balaban J connectivity index is 2.52. The van der Waals surface area contributed by atoms with E-state index in [9.17, 15) is 0 Å². The van der Waals surface area contributed by atoms with Crippen molar-refractivity contribution in [3.63, 3.8) is 0 Å². The molecule has 0 radical (unpaired) electrons. The first-order valence-corrected chi connectivity index (χ1v) is 3.30. The topological polar surface area (TPSA) is 0 Å². The Morgan fingerprint density at radius 2 is 1.38 bits per heavy atom. The van der Waals surface area contributed by atoms with E-state index in [0.29, 0.717) is 11.8 Å². The summed E-state index contributed by atoms with van der Waals surface area (Å²) in [5.74, 6) is 7.68. The predicted molar refractivity (Wildman–Crippen MR) is 35.3 cm³/mol. The van der Waals surface area contributed by atoms with Crippen molar-refractivity contribution in [1.82, 2.24) is 0 Å². The van der Waals surface area contributed by atoms with Crippen molar-refractivity contribution in [1.29, 1.82) is 0 Å². The minimum absolute atomic E-state index is 0.659. The molecule has 0 aliphatic heterocycles. The van der Waals surface area contributed by atoms with Crippen LogP contribution in [0.25, 0.3) is 0 Å². The van der Waals surface area contributed by atoms with Gasteiger partial charge in [0.25, 0.3) is 0 Å². The molecule has 44 valence electrons. The van der Waals surface area contributed by atoms with E-state index in [4.69, 9.17) is 0 Å². The molecule has 0 aromatic rings. The highest BCUT2D eigenvalue weighted by Crippen LogP contribution is 2.15. The molecule has 0 saturated carbocycles. The van der Waals surface area contributed by atoms with Crippen LogP contribution >= 0.6 is 0 Å². The molecule has 0 spiro atoms. The third kappa shape index (κ3) is 1.26. The highest BCUT2D eigenvalue weighted by Gasteiger charge is 2.05. The fourth-order valence-corrected chi connectivity index (χ4v) is 0.929. The van der Waals surface area contributed by atoms with Gasteiger partial charge in [0.2, 0.25) is 0 Å². The fraction of sp³-hybridized carbons (Fsp3) is 0.750. The van der Waals surface area contributed by atoms with E-state index in [-0.39, 0.29) is 0 Å². The molecule has 0 nitrogen and oxygen atoms in total. The molecular weight excluding hydrogens is 96.1 g/mol. The van der Waals surface area contributed by atoms with Gasteiger partial charge in [-0.1, -0.05) is 25.7 Å². The van der Waals surface area contributed by atoms with Gasteiger partial charge >= 0.3 is 0 Å². The standard InChI is InChI=1S/C8H12/c1-7-3-5-8(2)6-4-7/h7-8H,3,5H2,1-2H3/t7-,8?/m0/s1. The van der Waals surface area contributed by atoms with Crippen LogP contribution in [0.1, 0.15) is 26.7 Å². The van der Waals surface area contributed by atoms with Crippen LogP contribution in [0.15, 0.2) is 0 Å². The molecule has 1 rings (SSSR count). The molecule has 0 heteroatoms. The van der Waals surface area contributed by atoms with Crippen molar-refractivity contribution in [3.05, 3.63) is 0 Å². The molecule has 0 N–H and O–H groups in total. The Morgan fingerprint density at radius 3 is 1.62 bits per heavy atom. The van der Waals surface area contributed by atoms with E-state index < -0.39 is 0 Å². The summed E-state index contributed by atoms with van der Waals surface area (Å²) < 4.78 is 0. The summed E-state index contributed by atoms with van der Waals surface area (Å²) in [5, 5.41) is 0. The Hall–Kier alpha value is -0.440. The molecule has 8 heavy (non-hydrogen) atoms. The Morgan fingerprint density at radius 1 is 1.00 bits per heavy atom. The molecule has 2 atom stereocenters. The first-order valence-electron chi connectivity index (χ1n) is 3.30. The quantitative estimate of drug-likeness (QED) is 0.417. The van der Waals surface area contributed by atoms with Gasteiger partial charge in [-0.15, -0.1) is 0 Å². The highest BCUT2D eigenvalue weighted by molar-refractivity contribution is 5.08. The molecule has 1 unspecified atom stereocenters. The molecule has 1 aliphatic rings. The first kappa shape index (κ1) is 5.69. The predicted octanol–water partition coefficient (Wildman–Crippen LogP) is 2.06. The summed E-state index contributed by atoms with van der Waals surface area (Å²) in [6.45, 7) is 4.39. The van der Waals surface area contributed by atoms with E-state index in [2.05, 4.69) is 25.7 Å². The van der Waals surface area contributed by atoms with Crippen molar-refractivity contribution in [2.45, 2.75) is 26.7 Å². The first-order chi connectivity index (χ1) is 3.79. The molecule has 0 saturated heterocycles. The monoisotopic (exact) mass is 108 g/mol. The van der Waals surface area contributed by atoms with Gasteiger partial charge in [0.05, 0.1) is 0 Å². The second-order valence-electron chi connectivity index (χ2n) is 2.67. The van der Waals surface area contributed by atoms with Gasteiger partial charge < -0.3 is 0 Å². The van der Waals surface area contributed by atoms with Gasteiger partial charge in [-0.05, 0) is 12.8 Å². The lowest BCUT2D eigenvalue weighted by Gasteiger charge is -2.10. The zero-order chi connectivity index (χ0) is 5.98. The molecule has 1 aliphatic carbocycles. The average Bonchev–Trinajstić information content (AvgIpc) is 1.77.